The second-order valence-corrected chi connectivity index (χ2v) is 3.62. The quantitative estimate of drug-likeness (QED) is 0.841. The molecule has 1 aromatic carbocycles. The van der Waals surface area contributed by atoms with Gasteiger partial charge in [-0.2, -0.15) is 5.26 Å². The van der Waals surface area contributed by atoms with E-state index < -0.39 is 0 Å². The van der Waals surface area contributed by atoms with Crippen molar-refractivity contribution in [3.8, 4) is 29.2 Å². The summed E-state index contributed by atoms with van der Waals surface area (Å²) in [5, 5.41) is 8.83. The number of rotatable bonds is 4. The first-order chi connectivity index (χ1) is 9.26. The molecule has 0 radical (unpaired) electrons. The molecule has 0 atom stereocenters. The lowest BCUT2D eigenvalue weighted by molar-refractivity contribution is 0.375. The molecular weight excluding hydrogens is 244 g/mol. The third-order valence-electron chi connectivity index (χ3n) is 2.44. The average Bonchev–Trinajstić information content (AvgIpc) is 2.48. The van der Waals surface area contributed by atoms with Crippen molar-refractivity contribution in [2.24, 2.45) is 0 Å². The van der Waals surface area contributed by atoms with E-state index in [9.17, 15) is 0 Å². The molecule has 1 aromatic heterocycles. The fourth-order valence-corrected chi connectivity index (χ4v) is 1.50. The van der Waals surface area contributed by atoms with Crippen molar-refractivity contribution in [1.29, 1.82) is 5.26 Å². The molecule has 0 aliphatic heterocycles. The maximum absolute atomic E-state index is 8.83. The standard InChI is InChI=1S/C14H12N2O3/c1-17-13-7-10(8-15)3-5-12(13)19-11-4-6-14(18-2)16-9-11/h3-7,9H,1-2H3. The van der Waals surface area contributed by atoms with Gasteiger partial charge in [0.2, 0.25) is 5.88 Å². The first kappa shape index (κ1) is 12.7. The van der Waals surface area contributed by atoms with E-state index >= 15 is 0 Å². The second kappa shape index (κ2) is 5.74. The first-order valence-electron chi connectivity index (χ1n) is 5.53. The van der Waals surface area contributed by atoms with Gasteiger partial charge in [-0.1, -0.05) is 0 Å². The molecule has 0 fully saturated rings. The number of hydrogen-bond acceptors (Lipinski definition) is 5. The molecule has 1 heterocycles. The van der Waals surface area contributed by atoms with Crippen LogP contribution in [0.5, 0.6) is 23.1 Å². The van der Waals surface area contributed by atoms with Crippen LogP contribution in [0.25, 0.3) is 0 Å². The van der Waals surface area contributed by atoms with Crippen LogP contribution in [0.15, 0.2) is 36.5 Å². The predicted octanol–water partition coefficient (Wildman–Crippen LogP) is 2.76. The predicted molar refractivity (Wildman–Crippen MR) is 68.6 cm³/mol. The van der Waals surface area contributed by atoms with Gasteiger partial charge in [-0.25, -0.2) is 4.98 Å². The van der Waals surface area contributed by atoms with Crippen LogP contribution >= 0.6 is 0 Å². The van der Waals surface area contributed by atoms with Crippen LogP contribution in [0, 0.1) is 11.3 Å². The minimum absolute atomic E-state index is 0.495. The summed E-state index contributed by atoms with van der Waals surface area (Å²) in [5.41, 5.74) is 0.511. The zero-order valence-corrected chi connectivity index (χ0v) is 10.6. The molecule has 0 amide bonds. The van der Waals surface area contributed by atoms with Crippen molar-refractivity contribution < 1.29 is 14.2 Å². The molecule has 0 aliphatic rings. The molecule has 0 N–H and O–H groups in total. The zero-order valence-electron chi connectivity index (χ0n) is 10.6. The lowest BCUT2D eigenvalue weighted by atomic mass is 10.2. The van der Waals surface area contributed by atoms with Gasteiger partial charge in [0.25, 0.3) is 0 Å². The van der Waals surface area contributed by atoms with Crippen LogP contribution in [0.1, 0.15) is 5.56 Å². The maximum atomic E-state index is 8.83. The van der Waals surface area contributed by atoms with Crippen molar-refractivity contribution in [2.75, 3.05) is 14.2 Å². The molecule has 2 aromatic rings. The Hall–Kier alpha value is -2.74. The number of ether oxygens (including phenoxy) is 3. The summed E-state index contributed by atoms with van der Waals surface area (Å²) < 4.78 is 15.8. The lowest BCUT2D eigenvalue weighted by Gasteiger charge is -2.10. The smallest absolute Gasteiger partial charge is 0.213 e. The summed E-state index contributed by atoms with van der Waals surface area (Å²) in [6.07, 6.45) is 1.55. The fourth-order valence-electron chi connectivity index (χ4n) is 1.50. The molecule has 96 valence electrons. The van der Waals surface area contributed by atoms with Gasteiger partial charge in [0.15, 0.2) is 11.5 Å². The average molecular weight is 256 g/mol. The Morgan fingerprint density at radius 2 is 1.89 bits per heavy atom. The van der Waals surface area contributed by atoms with Crippen molar-refractivity contribution >= 4 is 0 Å². The molecule has 0 unspecified atom stereocenters. The summed E-state index contributed by atoms with van der Waals surface area (Å²) in [4.78, 5) is 4.04. The summed E-state index contributed by atoms with van der Waals surface area (Å²) in [6, 6.07) is 10.4. The normalized spacial score (nSPS) is 9.53. The second-order valence-electron chi connectivity index (χ2n) is 3.62. The summed E-state index contributed by atoms with van der Waals surface area (Å²) in [6.45, 7) is 0. The Morgan fingerprint density at radius 3 is 2.47 bits per heavy atom. The molecular formula is C14H12N2O3. The Kier molecular flexibility index (Phi) is 3.84. The van der Waals surface area contributed by atoms with Crippen LogP contribution in [0.2, 0.25) is 0 Å². The van der Waals surface area contributed by atoms with Gasteiger partial charge in [0.05, 0.1) is 32.0 Å². The largest absolute Gasteiger partial charge is 0.493 e. The zero-order chi connectivity index (χ0) is 13.7. The van der Waals surface area contributed by atoms with Gasteiger partial charge in [-0.15, -0.1) is 0 Å². The van der Waals surface area contributed by atoms with E-state index in [0.29, 0.717) is 28.7 Å². The van der Waals surface area contributed by atoms with Gasteiger partial charge in [-0.3, -0.25) is 0 Å². The minimum atomic E-state index is 0.495. The summed E-state index contributed by atoms with van der Waals surface area (Å²) >= 11 is 0. The third kappa shape index (κ3) is 2.93. The molecule has 0 saturated heterocycles. The van der Waals surface area contributed by atoms with E-state index in [2.05, 4.69) is 4.98 Å². The topological polar surface area (TPSA) is 64.4 Å². The highest BCUT2D eigenvalue weighted by Crippen LogP contribution is 2.32. The van der Waals surface area contributed by atoms with Crippen LogP contribution in [0.3, 0.4) is 0 Å². The number of nitrogens with zero attached hydrogens (tertiary/aromatic N) is 2. The van der Waals surface area contributed by atoms with Crippen molar-refractivity contribution in [3.05, 3.63) is 42.1 Å². The van der Waals surface area contributed by atoms with Gasteiger partial charge in [-0.05, 0) is 18.2 Å². The highest BCUT2D eigenvalue weighted by Gasteiger charge is 2.07. The molecule has 0 aliphatic carbocycles. The molecule has 5 nitrogen and oxygen atoms in total. The highest BCUT2D eigenvalue weighted by molar-refractivity contribution is 5.48. The number of aromatic nitrogens is 1. The molecule has 0 spiro atoms. The van der Waals surface area contributed by atoms with Crippen LogP contribution in [-0.2, 0) is 0 Å². The Labute approximate surface area is 111 Å². The molecule has 0 saturated carbocycles. The Bertz CT molecular complexity index is 603. The summed E-state index contributed by atoms with van der Waals surface area (Å²) in [7, 11) is 3.07. The SMILES string of the molecule is COc1ccc(Oc2ccc(C#N)cc2OC)cn1. The Balaban J connectivity index is 2.24. The maximum Gasteiger partial charge on any atom is 0.213 e. The monoisotopic (exact) mass is 256 g/mol. The van der Waals surface area contributed by atoms with E-state index in [1.165, 1.54) is 7.11 Å². The lowest BCUT2D eigenvalue weighted by Crippen LogP contribution is -1.92. The minimum Gasteiger partial charge on any atom is -0.493 e. The fraction of sp³-hybridized carbons (Fsp3) is 0.143. The molecule has 0 bridgehead atoms. The van der Waals surface area contributed by atoms with E-state index in [-0.39, 0.29) is 0 Å². The molecule has 5 heteroatoms. The van der Waals surface area contributed by atoms with Crippen molar-refractivity contribution in [2.45, 2.75) is 0 Å². The van der Waals surface area contributed by atoms with Crippen LogP contribution < -0.4 is 14.2 Å². The van der Waals surface area contributed by atoms with Crippen molar-refractivity contribution in [3.63, 3.8) is 0 Å². The third-order valence-corrected chi connectivity index (χ3v) is 2.44. The molecule has 19 heavy (non-hydrogen) atoms. The number of nitriles is 1. The number of pyridine rings is 1. The Morgan fingerprint density at radius 1 is 1.05 bits per heavy atom. The van der Waals surface area contributed by atoms with E-state index in [0.717, 1.165) is 0 Å². The van der Waals surface area contributed by atoms with Gasteiger partial charge < -0.3 is 14.2 Å². The van der Waals surface area contributed by atoms with E-state index in [1.807, 2.05) is 6.07 Å². The molecule has 2 rings (SSSR count). The number of hydrogen-bond donors (Lipinski definition) is 0. The number of methoxy groups -OCH3 is 2. The van der Waals surface area contributed by atoms with Gasteiger partial charge >= 0.3 is 0 Å². The van der Waals surface area contributed by atoms with E-state index in [4.69, 9.17) is 19.5 Å². The summed E-state index contributed by atoms with van der Waals surface area (Å²) in [5.74, 6) is 2.09. The first-order valence-corrected chi connectivity index (χ1v) is 5.53. The van der Waals surface area contributed by atoms with Crippen LogP contribution in [0.4, 0.5) is 0 Å². The highest BCUT2D eigenvalue weighted by atomic mass is 16.5. The van der Waals surface area contributed by atoms with Gasteiger partial charge in [0.1, 0.15) is 5.75 Å². The van der Waals surface area contributed by atoms with E-state index in [1.54, 1.807) is 43.6 Å². The van der Waals surface area contributed by atoms with Gasteiger partial charge in [0, 0.05) is 12.1 Å². The van der Waals surface area contributed by atoms with Crippen LogP contribution in [-0.4, -0.2) is 19.2 Å². The van der Waals surface area contributed by atoms with Crippen molar-refractivity contribution in [1.82, 2.24) is 4.98 Å². The number of benzene rings is 1.